The Bertz CT molecular complexity index is 476. The Morgan fingerprint density at radius 1 is 0.905 bits per heavy atom. The largest absolute Gasteiger partial charge is 0.431 e. The summed E-state index contributed by atoms with van der Waals surface area (Å²) in [6.07, 6.45) is -14.6. The summed E-state index contributed by atoms with van der Waals surface area (Å²) in [4.78, 5) is 0. The molecule has 1 rings (SSSR count). The van der Waals surface area contributed by atoms with Gasteiger partial charge in [0.2, 0.25) is 0 Å². The van der Waals surface area contributed by atoms with Gasteiger partial charge in [0.05, 0.1) is 5.60 Å². The van der Waals surface area contributed by atoms with Gasteiger partial charge >= 0.3 is 18.0 Å². The zero-order valence-electron chi connectivity index (χ0n) is 10.5. The van der Waals surface area contributed by atoms with Crippen molar-refractivity contribution in [3.63, 3.8) is 0 Å². The number of halogens is 8. The smallest absolute Gasteiger partial charge is 0.385 e. The van der Waals surface area contributed by atoms with Crippen LogP contribution in [0, 0.1) is 0 Å². The summed E-state index contributed by atoms with van der Waals surface area (Å²) in [5.74, 6) is 0. The van der Waals surface area contributed by atoms with Crippen LogP contribution in [0.15, 0.2) is 24.3 Å². The van der Waals surface area contributed by atoms with Crippen LogP contribution in [0.2, 0.25) is 5.02 Å². The summed E-state index contributed by atoms with van der Waals surface area (Å²) >= 11 is 5.52. The van der Waals surface area contributed by atoms with E-state index in [9.17, 15) is 35.8 Å². The van der Waals surface area contributed by atoms with Gasteiger partial charge in [0.1, 0.15) is 0 Å². The van der Waals surface area contributed by atoms with Gasteiger partial charge in [-0.05, 0) is 24.6 Å². The number of alkyl halides is 7. The van der Waals surface area contributed by atoms with Crippen molar-refractivity contribution < 1.29 is 35.8 Å². The highest BCUT2D eigenvalue weighted by Crippen LogP contribution is 2.51. The Morgan fingerprint density at radius 3 is 1.62 bits per heavy atom. The highest BCUT2D eigenvalue weighted by atomic mass is 35.5. The number of benzene rings is 1. The van der Waals surface area contributed by atoms with E-state index in [-0.39, 0.29) is 10.6 Å². The Balaban J connectivity index is 3.23. The first kappa shape index (κ1) is 18.0. The van der Waals surface area contributed by atoms with Crippen molar-refractivity contribution in [3.8, 4) is 0 Å². The molecule has 0 radical (unpaired) electrons. The molecule has 0 amide bonds. The van der Waals surface area contributed by atoms with E-state index in [0.29, 0.717) is 6.92 Å². The van der Waals surface area contributed by atoms with Crippen molar-refractivity contribution in [2.75, 3.05) is 0 Å². The topological polar surface area (TPSA) is 20.2 Å². The van der Waals surface area contributed by atoms with Crippen LogP contribution in [-0.4, -0.2) is 23.1 Å². The van der Waals surface area contributed by atoms with E-state index in [4.69, 9.17) is 11.6 Å². The molecule has 1 N–H and O–H groups in total. The summed E-state index contributed by atoms with van der Waals surface area (Å²) in [6.45, 7) is 0.669. The van der Waals surface area contributed by atoms with Gasteiger partial charge in [0, 0.05) is 11.4 Å². The fraction of sp³-hybridized carbons (Fsp3) is 0.500. The molecule has 9 heteroatoms. The summed E-state index contributed by atoms with van der Waals surface area (Å²) in [5, 5.41) is 10.0. The second-order valence-electron chi connectivity index (χ2n) is 4.75. The molecule has 0 aliphatic carbocycles. The molecular weight excluding hydrogens is 329 g/mol. The SMILES string of the molecule is CC(O)(CC(F)(C(F)(F)F)C(F)(F)F)c1ccc(Cl)cc1. The second-order valence-corrected chi connectivity index (χ2v) is 5.19. The maximum absolute atomic E-state index is 13.6. The first-order valence-corrected chi connectivity index (χ1v) is 5.89. The summed E-state index contributed by atoms with van der Waals surface area (Å²) in [6, 6.07) is 4.36. The van der Waals surface area contributed by atoms with Crippen molar-refractivity contribution in [1.29, 1.82) is 0 Å². The Morgan fingerprint density at radius 2 is 1.29 bits per heavy atom. The molecule has 120 valence electrons. The van der Waals surface area contributed by atoms with Gasteiger partial charge in [0.25, 0.3) is 0 Å². The third-order valence-corrected chi connectivity index (χ3v) is 3.20. The van der Waals surface area contributed by atoms with Gasteiger partial charge in [-0.25, -0.2) is 4.39 Å². The summed E-state index contributed by atoms with van der Waals surface area (Å²) in [5.41, 5.74) is -8.53. The van der Waals surface area contributed by atoms with Gasteiger partial charge in [-0.3, -0.25) is 0 Å². The second kappa shape index (κ2) is 5.31. The molecule has 0 aliphatic rings. The van der Waals surface area contributed by atoms with Crippen molar-refractivity contribution in [2.24, 2.45) is 0 Å². The van der Waals surface area contributed by atoms with Crippen LogP contribution < -0.4 is 0 Å². The van der Waals surface area contributed by atoms with Gasteiger partial charge in [0.15, 0.2) is 0 Å². The number of aliphatic hydroxyl groups is 1. The van der Waals surface area contributed by atoms with Crippen LogP contribution in [0.4, 0.5) is 30.7 Å². The molecule has 0 aliphatic heterocycles. The zero-order valence-corrected chi connectivity index (χ0v) is 11.2. The van der Waals surface area contributed by atoms with Gasteiger partial charge in [-0.15, -0.1) is 0 Å². The lowest BCUT2D eigenvalue weighted by molar-refractivity contribution is -0.352. The lowest BCUT2D eigenvalue weighted by atomic mass is 9.83. The van der Waals surface area contributed by atoms with E-state index in [1.165, 1.54) is 0 Å². The molecule has 1 unspecified atom stereocenters. The molecule has 0 bridgehead atoms. The number of hydrogen-bond acceptors (Lipinski definition) is 1. The summed E-state index contributed by atoms with van der Waals surface area (Å²) < 4.78 is 88.5. The van der Waals surface area contributed by atoms with E-state index in [1.807, 2.05) is 0 Å². The first-order chi connectivity index (χ1) is 9.21. The molecule has 0 saturated carbocycles. The Labute approximate surface area is 120 Å². The third-order valence-electron chi connectivity index (χ3n) is 2.95. The predicted molar refractivity (Wildman–Crippen MR) is 61.6 cm³/mol. The van der Waals surface area contributed by atoms with E-state index in [1.54, 1.807) is 0 Å². The average molecular weight is 339 g/mol. The lowest BCUT2D eigenvalue weighted by Gasteiger charge is -2.36. The minimum atomic E-state index is -6.21. The number of rotatable bonds is 3. The highest BCUT2D eigenvalue weighted by molar-refractivity contribution is 6.30. The summed E-state index contributed by atoms with van der Waals surface area (Å²) in [7, 11) is 0. The average Bonchev–Trinajstić information content (AvgIpc) is 2.25. The Kier molecular flexibility index (Phi) is 4.56. The molecule has 0 spiro atoms. The minimum absolute atomic E-state index is 0.160. The molecule has 0 saturated heterocycles. The molecule has 0 aromatic heterocycles. The molecule has 21 heavy (non-hydrogen) atoms. The monoisotopic (exact) mass is 338 g/mol. The van der Waals surface area contributed by atoms with Crippen molar-refractivity contribution in [2.45, 2.75) is 37.0 Å². The van der Waals surface area contributed by atoms with Crippen LogP contribution in [0.3, 0.4) is 0 Å². The molecule has 1 atom stereocenters. The zero-order chi connectivity index (χ0) is 16.7. The molecular formula is C12H10ClF7O. The minimum Gasteiger partial charge on any atom is -0.385 e. The standard InChI is InChI=1S/C12H10ClF7O/c1-9(21,7-2-4-8(13)5-3-7)6-10(14,11(15,16)17)12(18,19)20/h2-5,21H,6H2,1H3. The molecule has 1 nitrogen and oxygen atoms in total. The Hall–Kier alpha value is -1.02. The molecule has 0 heterocycles. The third kappa shape index (κ3) is 3.60. The lowest BCUT2D eigenvalue weighted by Crippen LogP contribution is -2.56. The van der Waals surface area contributed by atoms with Crippen molar-refractivity contribution >= 4 is 11.6 Å². The van der Waals surface area contributed by atoms with Crippen LogP contribution in [-0.2, 0) is 5.60 Å². The first-order valence-electron chi connectivity index (χ1n) is 5.51. The molecule has 1 aromatic carbocycles. The van der Waals surface area contributed by atoms with Crippen LogP contribution in [0.1, 0.15) is 18.9 Å². The highest BCUT2D eigenvalue weighted by Gasteiger charge is 2.73. The van der Waals surface area contributed by atoms with E-state index in [0.717, 1.165) is 24.3 Å². The van der Waals surface area contributed by atoms with Crippen LogP contribution >= 0.6 is 11.6 Å². The van der Waals surface area contributed by atoms with Crippen molar-refractivity contribution in [3.05, 3.63) is 34.9 Å². The van der Waals surface area contributed by atoms with Gasteiger partial charge in [-0.1, -0.05) is 23.7 Å². The fourth-order valence-corrected chi connectivity index (χ4v) is 1.87. The maximum Gasteiger partial charge on any atom is 0.431 e. The maximum atomic E-state index is 13.6. The van der Waals surface area contributed by atoms with Gasteiger partial charge in [-0.2, -0.15) is 26.3 Å². The van der Waals surface area contributed by atoms with Gasteiger partial charge < -0.3 is 5.11 Å². The van der Waals surface area contributed by atoms with Crippen molar-refractivity contribution in [1.82, 2.24) is 0 Å². The van der Waals surface area contributed by atoms with Crippen LogP contribution in [0.5, 0.6) is 0 Å². The predicted octanol–water partition coefficient (Wildman–Crippen LogP) is 4.77. The van der Waals surface area contributed by atoms with E-state index < -0.39 is 30.0 Å². The fourth-order valence-electron chi connectivity index (χ4n) is 1.75. The van der Waals surface area contributed by atoms with E-state index >= 15 is 0 Å². The van der Waals surface area contributed by atoms with E-state index in [2.05, 4.69) is 0 Å². The molecule has 0 fully saturated rings. The quantitative estimate of drug-likeness (QED) is 0.787. The number of hydrogen-bond donors (Lipinski definition) is 1. The normalized spacial score (nSPS) is 16.7. The molecule has 1 aromatic rings. The van der Waals surface area contributed by atoms with Crippen LogP contribution in [0.25, 0.3) is 0 Å².